The number of urea groups is 1. The molecule has 2 atom stereocenters. The van der Waals surface area contributed by atoms with Crippen LogP contribution in [0.25, 0.3) is 0 Å². The van der Waals surface area contributed by atoms with E-state index in [9.17, 15) is 28.8 Å². The number of hydrogen-bond acceptors (Lipinski definition) is 10. The minimum atomic E-state index is -1.03. The van der Waals surface area contributed by atoms with Gasteiger partial charge in [-0.1, -0.05) is 30.3 Å². The minimum Gasteiger partial charge on any atom is -0.384 e. The predicted molar refractivity (Wildman–Crippen MR) is 185 cm³/mol. The normalized spacial score (nSPS) is 20.6. The molecule has 0 spiro atoms. The van der Waals surface area contributed by atoms with Gasteiger partial charge >= 0.3 is 6.03 Å². The average Bonchev–Trinajstić information content (AvgIpc) is 3.59. The number of imide groups is 2. The topological polar surface area (TPSA) is 191 Å². The number of nitrogens with one attached hydrogen (secondary N) is 2. The Morgan fingerprint density at radius 1 is 0.980 bits per heavy atom. The molecular weight excluding hydrogens is 654 g/mol. The van der Waals surface area contributed by atoms with Crippen molar-refractivity contribution in [1.29, 1.82) is 0 Å². The molecule has 15 nitrogen and oxygen atoms in total. The van der Waals surface area contributed by atoms with Crippen LogP contribution in [-0.2, 0) is 22.4 Å². The molecule has 3 fully saturated rings. The number of fused-ring (bicyclic) bond motifs is 1. The number of aromatic nitrogens is 2. The lowest BCUT2D eigenvalue weighted by Crippen LogP contribution is -2.54. The third-order valence-electron chi connectivity index (χ3n) is 10.1. The van der Waals surface area contributed by atoms with Crippen LogP contribution in [0.3, 0.4) is 0 Å². The second kappa shape index (κ2) is 13.8. The molecule has 15 heteroatoms. The number of primary amides is 1. The number of anilines is 2. The van der Waals surface area contributed by atoms with Crippen LogP contribution < -0.4 is 21.3 Å². The van der Waals surface area contributed by atoms with Gasteiger partial charge in [0.1, 0.15) is 17.6 Å². The monoisotopic (exact) mass is 693 g/mol. The molecule has 1 aromatic heterocycles. The molecule has 264 valence electrons. The number of piperidine rings is 2. The van der Waals surface area contributed by atoms with Crippen molar-refractivity contribution >= 4 is 47.1 Å². The second-order valence-corrected chi connectivity index (χ2v) is 13.4. The number of rotatable bonds is 10. The van der Waals surface area contributed by atoms with Gasteiger partial charge in [-0.25, -0.2) is 14.8 Å². The molecule has 3 aromatic rings. The summed E-state index contributed by atoms with van der Waals surface area (Å²) in [5.41, 5.74) is 9.15. The lowest BCUT2D eigenvalue weighted by atomic mass is 10.0. The van der Waals surface area contributed by atoms with E-state index in [1.807, 2.05) is 36.2 Å². The Labute approximate surface area is 294 Å². The Morgan fingerprint density at radius 2 is 1.76 bits per heavy atom. The molecule has 0 radical (unpaired) electrons. The minimum absolute atomic E-state index is 0.0467. The molecule has 0 bridgehead atoms. The third kappa shape index (κ3) is 6.58. The van der Waals surface area contributed by atoms with Crippen LogP contribution in [0.15, 0.2) is 48.7 Å². The Bertz CT molecular complexity index is 1930. The first-order valence-electron chi connectivity index (χ1n) is 17.2. The molecule has 3 saturated heterocycles. The van der Waals surface area contributed by atoms with Crippen molar-refractivity contribution in [1.82, 2.24) is 30.0 Å². The van der Waals surface area contributed by atoms with Crippen molar-refractivity contribution in [3.63, 3.8) is 0 Å². The van der Waals surface area contributed by atoms with Gasteiger partial charge in [0.15, 0.2) is 0 Å². The number of carbonyl (C=O) groups is 6. The molecule has 51 heavy (non-hydrogen) atoms. The van der Waals surface area contributed by atoms with E-state index in [-0.39, 0.29) is 41.7 Å². The Balaban J connectivity index is 0.991. The first-order valence-corrected chi connectivity index (χ1v) is 17.2. The quantitative estimate of drug-likeness (QED) is 0.263. The summed E-state index contributed by atoms with van der Waals surface area (Å²) < 4.78 is 0. The molecule has 4 N–H and O–H groups in total. The molecule has 5 heterocycles. The van der Waals surface area contributed by atoms with E-state index in [0.29, 0.717) is 56.2 Å². The van der Waals surface area contributed by atoms with Crippen LogP contribution >= 0.6 is 0 Å². The summed E-state index contributed by atoms with van der Waals surface area (Å²) in [6.07, 6.45) is 4.52. The zero-order valence-corrected chi connectivity index (χ0v) is 28.3. The van der Waals surface area contributed by atoms with Gasteiger partial charge in [-0.15, -0.1) is 0 Å². The van der Waals surface area contributed by atoms with E-state index in [4.69, 9.17) is 10.7 Å². The van der Waals surface area contributed by atoms with Crippen LogP contribution in [0.1, 0.15) is 73.7 Å². The van der Waals surface area contributed by atoms with Gasteiger partial charge in [-0.3, -0.25) is 34.2 Å². The zero-order chi connectivity index (χ0) is 35.8. The van der Waals surface area contributed by atoms with E-state index in [1.165, 1.54) is 0 Å². The van der Waals surface area contributed by atoms with Crippen LogP contribution in [-0.4, -0.2) is 112 Å². The number of carbonyl (C=O) groups excluding carboxylic acids is 6. The lowest BCUT2D eigenvalue weighted by molar-refractivity contribution is -0.136. The predicted octanol–water partition coefficient (Wildman–Crippen LogP) is 1.56. The van der Waals surface area contributed by atoms with Crippen molar-refractivity contribution in [3.8, 4) is 0 Å². The van der Waals surface area contributed by atoms with Gasteiger partial charge in [0.05, 0.1) is 29.1 Å². The molecular formula is C36H39N9O6. The van der Waals surface area contributed by atoms with E-state index < -0.39 is 35.6 Å². The lowest BCUT2D eigenvalue weighted by Gasteiger charge is -2.37. The van der Waals surface area contributed by atoms with Crippen molar-refractivity contribution in [2.24, 2.45) is 5.73 Å². The summed E-state index contributed by atoms with van der Waals surface area (Å²) in [6, 6.07) is 11.9. The fourth-order valence-electron chi connectivity index (χ4n) is 7.34. The van der Waals surface area contributed by atoms with Gasteiger partial charge in [-0.2, -0.15) is 0 Å². The molecule has 0 aliphatic carbocycles. The molecule has 2 aromatic carbocycles. The number of hydrogen-bond donors (Lipinski definition) is 3. The smallest absolute Gasteiger partial charge is 0.320 e. The SMILES string of the molecule is CN1CCN([C@@H]2CCCN(c3cnc(C(N)=O)c(Cc4ccc(CCNc5cccc6c5C(=O)N(C5CCC(=O)NC5=O)C6=O)cc4)n3)C2)C1=O. The maximum absolute atomic E-state index is 13.4. The average molecular weight is 694 g/mol. The fraction of sp³-hybridized carbons (Fsp3) is 0.389. The largest absolute Gasteiger partial charge is 0.384 e. The van der Waals surface area contributed by atoms with Crippen molar-refractivity contribution in [3.05, 3.63) is 82.3 Å². The molecule has 7 rings (SSSR count). The molecule has 4 aliphatic rings. The molecule has 4 aliphatic heterocycles. The number of benzene rings is 2. The van der Waals surface area contributed by atoms with Crippen molar-refractivity contribution in [2.45, 2.75) is 50.6 Å². The van der Waals surface area contributed by atoms with Gasteiger partial charge in [-0.05, 0) is 48.9 Å². The van der Waals surface area contributed by atoms with Crippen LogP contribution in [0.5, 0.6) is 0 Å². The van der Waals surface area contributed by atoms with Crippen LogP contribution in [0.4, 0.5) is 16.3 Å². The highest BCUT2D eigenvalue weighted by Gasteiger charge is 2.45. The zero-order valence-electron chi connectivity index (χ0n) is 28.3. The Hall–Kier alpha value is -5.86. The Morgan fingerprint density at radius 3 is 2.49 bits per heavy atom. The summed E-state index contributed by atoms with van der Waals surface area (Å²) in [6.45, 7) is 3.30. The van der Waals surface area contributed by atoms with Crippen LogP contribution in [0, 0.1) is 0 Å². The molecule has 7 amide bonds. The first kappa shape index (κ1) is 33.6. The highest BCUT2D eigenvalue weighted by Crippen LogP contribution is 2.32. The molecule has 0 saturated carbocycles. The number of nitrogens with two attached hydrogens (primary N) is 1. The number of amides is 7. The maximum atomic E-state index is 13.4. The number of likely N-dealkylation sites (N-methyl/N-ethyl adjacent to an activating group) is 1. The van der Waals surface area contributed by atoms with E-state index in [1.54, 1.807) is 29.3 Å². The third-order valence-corrected chi connectivity index (χ3v) is 10.1. The second-order valence-electron chi connectivity index (χ2n) is 13.4. The van der Waals surface area contributed by atoms with Crippen LogP contribution in [0.2, 0.25) is 0 Å². The summed E-state index contributed by atoms with van der Waals surface area (Å²) in [4.78, 5) is 91.5. The standard InChI is InChI=1S/C36H39N9O6/c1-42-16-17-44(36(42)51)23-4-3-15-43(20-23)28-19-39-31(32(37)47)26(40-28)18-22-9-7-21(8-10-22)13-14-38-25-6-2-5-24-30(25)35(50)45(34(24)49)27-11-12-29(46)41-33(27)48/h2,5-10,19,23,27,38H,3-4,11-18,20H2,1H3,(H2,37,47)(H,41,46,48)/t23-,27?/m1/s1. The Kier molecular flexibility index (Phi) is 9.10. The van der Waals surface area contributed by atoms with Gasteiger partial charge < -0.3 is 25.8 Å². The van der Waals surface area contributed by atoms with Gasteiger partial charge in [0, 0.05) is 58.3 Å². The maximum Gasteiger partial charge on any atom is 0.320 e. The summed E-state index contributed by atoms with van der Waals surface area (Å²) in [5.74, 6) is -2.19. The van der Waals surface area contributed by atoms with Crippen molar-refractivity contribution in [2.75, 3.05) is 50.0 Å². The van der Waals surface area contributed by atoms with E-state index in [0.717, 1.165) is 35.4 Å². The fourth-order valence-corrected chi connectivity index (χ4v) is 7.34. The van der Waals surface area contributed by atoms with E-state index in [2.05, 4.69) is 20.5 Å². The highest BCUT2D eigenvalue weighted by atomic mass is 16.2. The summed E-state index contributed by atoms with van der Waals surface area (Å²) >= 11 is 0. The van der Waals surface area contributed by atoms with E-state index >= 15 is 0 Å². The van der Waals surface area contributed by atoms with Crippen molar-refractivity contribution < 1.29 is 28.8 Å². The van der Waals surface area contributed by atoms with Gasteiger partial charge in [0.2, 0.25) is 11.8 Å². The molecule has 1 unspecified atom stereocenters. The van der Waals surface area contributed by atoms with Gasteiger partial charge in [0.25, 0.3) is 17.7 Å². The summed E-state index contributed by atoms with van der Waals surface area (Å²) in [5, 5.41) is 5.48. The summed E-state index contributed by atoms with van der Waals surface area (Å²) in [7, 11) is 1.82. The first-order chi connectivity index (χ1) is 24.6. The number of nitrogens with zero attached hydrogens (tertiary/aromatic N) is 6. The highest BCUT2D eigenvalue weighted by molar-refractivity contribution is 6.25.